The van der Waals surface area contributed by atoms with E-state index in [2.05, 4.69) is 9.97 Å². The maximum atomic E-state index is 5.78. The van der Waals surface area contributed by atoms with Crippen molar-refractivity contribution < 1.29 is 4.74 Å². The molecule has 0 aliphatic heterocycles. The number of halogens is 1. The standard InChI is InChI=1S/C10H8ClN3O.C2H6/c11-9-10(14-6-5-13-9)15-8-3-1-7(12)2-4-8;1-2/h1-6H,12H2;1-2H3. The van der Waals surface area contributed by atoms with Crippen LogP contribution >= 0.6 is 11.6 Å². The number of nitrogen functional groups attached to an aromatic ring is 1. The summed E-state index contributed by atoms with van der Waals surface area (Å²) >= 11 is 5.78. The van der Waals surface area contributed by atoms with Crippen molar-refractivity contribution in [2.45, 2.75) is 13.8 Å². The number of rotatable bonds is 2. The molecule has 2 rings (SSSR count). The quantitative estimate of drug-likeness (QED) is 0.830. The smallest absolute Gasteiger partial charge is 0.257 e. The third kappa shape index (κ3) is 3.92. The first-order chi connectivity index (χ1) is 8.25. The average molecular weight is 252 g/mol. The van der Waals surface area contributed by atoms with Crippen LogP contribution in [-0.4, -0.2) is 9.97 Å². The van der Waals surface area contributed by atoms with Gasteiger partial charge in [0.25, 0.3) is 5.88 Å². The summed E-state index contributed by atoms with van der Waals surface area (Å²) in [7, 11) is 0. The van der Waals surface area contributed by atoms with Crippen molar-refractivity contribution in [1.82, 2.24) is 9.97 Å². The number of aromatic nitrogens is 2. The van der Waals surface area contributed by atoms with Gasteiger partial charge in [-0.25, -0.2) is 9.97 Å². The van der Waals surface area contributed by atoms with Crippen LogP contribution in [0.5, 0.6) is 11.6 Å². The van der Waals surface area contributed by atoms with Gasteiger partial charge in [-0.1, -0.05) is 25.4 Å². The molecule has 0 aliphatic carbocycles. The van der Waals surface area contributed by atoms with Crippen molar-refractivity contribution in [2.75, 3.05) is 5.73 Å². The lowest BCUT2D eigenvalue weighted by atomic mass is 10.3. The van der Waals surface area contributed by atoms with Gasteiger partial charge in [-0.15, -0.1) is 0 Å². The highest BCUT2D eigenvalue weighted by atomic mass is 35.5. The first-order valence-electron chi connectivity index (χ1n) is 5.25. The Balaban J connectivity index is 0.000000686. The molecule has 17 heavy (non-hydrogen) atoms. The molecule has 0 spiro atoms. The predicted octanol–water partition coefficient (Wildman–Crippen LogP) is 3.53. The van der Waals surface area contributed by atoms with Gasteiger partial charge < -0.3 is 10.5 Å². The lowest BCUT2D eigenvalue weighted by Gasteiger charge is -2.04. The minimum Gasteiger partial charge on any atom is -0.436 e. The van der Waals surface area contributed by atoms with Crippen LogP contribution in [0, 0.1) is 0 Å². The van der Waals surface area contributed by atoms with E-state index < -0.39 is 0 Å². The normalized spacial score (nSPS) is 9.12. The maximum absolute atomic E-state index is 5.78. The number of hydrogen-bond acceptors (Lipinski definition) is 4. The first kappa shape index (κ1) is 13.3. The molecule has 0 saturated heterocycles. The molecule has 2 N–H and O–H groups in total. The second-order valence-corrected chi connectivity index (χ2v) is 3.18. The maximum Gasteiger partial charge on any atom is 0.257 e. The Morgan fingerprint density at radius 2 is 1.65 bits per heavy atom. The molecule has 2 aromatic rings. The number of benzene rings is 1. The van der Waals surface area contributed by atoms with Crippen LogP contribution in [0.3, 0.4) is 0 Å². The van der Waals surface area contributed by atoms with Crippen LogP contribution in [0.15, 0.2) is 36.7 Å². The molecular weight excluding hydrogens is 238 g/mol. The summed E-state index contributed by atoms with van der Waals surface area (Å²) in [5.41, 5.74) is 6.21. The van der Waals surface area contributed by atoms with Gasteiger partial charge in [0.1, 0.15) is 5.75 Å². The Kier molecular flexibility index (Phi) is 5.23. The molecule has 0 radical (unpaired) electrons. The highest BCUT2D eigenvalue weighted by molar-refractivity contribution is 6.30. The van der Waals surface area contributed by atoms with Gasteiger partial charge in [-0.3, -0.25) is 0 Å². The van der Waals surface area contributed by atoms with E-state index in [0.29, 0.717) is 11.4 Å². The van der Waals surface area contributed by atoms with Gasteiger partial charge in [-0.05, 0) is 24.3 Å². The van der Waals surface area contributed by atoms with E-state index in [1.54, 1.807) is 24.3 Å². The van der Waals surface area contributed by atoms with E-state index in [9.17, 15) is 0 Å². The van der Waals surface area contributed by atoms with Crippen molar-refractivity contribution in [3.05, 3.63) is 41.8 Å². The molecule has 0 fully saturated rings. The van der Waals surface area contributed by atoms with Crippen molar-refractivity contribution in [1.29, 1.82) is 0 Å². The fourth-order valence-corrected chi connectivity index (χ4v) is 1.17. The molecule has 1 aromatic carbocycles. The van der Waals surface area contributed by atoms with Gasteiger partial charge in [-0.2, -0.15) is 0 Å². The number of anilines is 1. The van der Waals surface area contributed by atoms with E-state index in [0.717, 1.165) is 0 Å². The average Bonchev–Trinajstić information content (AvgIpc) is 2.37. The molecule has 0 unspecified atom stereocenters. The van der Waals surface area contributed by atoms with Gasteiger partial charge in [0.15, 0.2) is 5.15 Å². The topological polar surface area (TPSA) is 61.0 Å². The molecular formula is C12H14ClN3O. The van der Waals surface area contributed by atoms with Crippen LogP contribution in [0.2, 0.25) is 5.15 Å². The second kappa shape index (κ2) is 6.70. The van der Waals surface area contributed by atoms with Crippen LogP contribution in [0.25, 0.3) is 0 Å². The summed E-state index contributed by atoms with van der Waals surface area (Å²) < 4.78 is 5.40. The van der Waals surface area contributed by atoms with Crippen molar-refractivity contribution in [2.24, 2.45) is 0 Å². The third-order valence-corrected chi connectivity index (χ3v) is 1.98. The van der Waals surface area contributed by atoms with E-state index in [4.69, 9.17) is 22.1 Å². The molecule has 1 heterocycles. The Morgan fingerprint density at radius 3 is 2.24 bits per heavy atom. The third-order valence-electron chi connectivity index (χ3n) is 1.72. The highest BCUT2D eigenvalue weighted by Crippen LogP contribution is 2.24. The minimum absolute atomic E-state index is 0.231. The fraction of sp³-hybridized carbons (Fsp3) is 0.167. The molecule has 90 valence electrons. The largest absolute Gasteiger partial charge is 0.436 e. The number of hydrogen-bond donors (Lipinski definition) is 1. The van der Waals surface area contributed by atoms with E-state index in [1.165, 1.54) is 12.4 Å². The Hall–Kier alpha value is -1.81. The lowest BCUT2D eigenvalue weighted by molar-refractivity contribution is 0.460. The van der Waals surface area contributed by atoms with Gasteiger partial charge in [0.05, 0.1) is 0 Å². The zero-order valence-electron chi connectivity index (χ0n) is 9.72. The highest BCUT2D eigenvalue weighted by Gasteiger charge is 2.04. The molecule has 0 atom stereocenters. The van der Waals surface area contributed by atoms with Crippen molar-refractivity contribution in [3.63, 3.8) is 0 Å². The van der Waals surface area contributed by atoms with E-state index in [-0.39, 0.29) is 11.0 Å². The summed E-state index contributed by atoms with van der Waals surface area (Å²) in [5, 5.41) is 0.231. The SMILES string of the molecule is CC.Nc1ccc(Oc2nccnc2Cl)cc1. The van der Waals surface area contributed by atoms with Crippen LogP contribution in [0.1, 0.15) is 13.8 Å². The van der Waals surface area contributed by atoms with E-state index in [1.807, 2.05) is 13.8 Å². The van der Waals surface area contributed by atoms with Crippen LogP contribution in [-0.2, 0) is 0 Å². The van der Waals surface area contributed by atoms with Crippen molar-refractivity contribution in [3.8, 4) is 11.6 Å². The fourth-order valence-electron chi connectivity index (χ4n) is 1.02. The molecule has 0 saturated carbocycles. The van der Waals surface area contributed by atoms with E-state index >= 15 is 0 Å². The summed E-state index contributed by atoms with van der Waals surface area (Å²) in [6.07, 6.45) is 3.01. The van der Waals surface area contributed by atoms with Crippen LogP contribution < -0.4 is 10.5 Å². The lowest BCUT2D eigenvalue weighted by Crippen LogP contribution is -1.90. The molecule has 0 amide bonds. The summed E-state index contributed by atoms with van der Waals surface area (Å²) in [6, 6.07) is 6.94. The number of nitrogens with zero attached hydrogens (tertiary/aromatic N) is 2. The zero-order valence-corrected chi connectivity index (χ0v) is 10.5. The molecule has 1 aromatic heterocycles. The van der Waals surface area contributed by atoms with Gasteiger partial charge in [0, 0.05) is 18.1 Å². The summed E-state index contributed by atoms with van der Waals surface area (Å²) in [5.74, 6) is 0.899. The predicted molar refractivity (Wildman–Crippen MR) is 69.3 cm³/mol. The molecule has 5 heteroatoms. The Morgan fingerprint density at radius 1 is 1.06 bits per heavy atom. The monoisotopic (exact) mass is 251 g/mol. The zero-order chi connectivity index (χ0) is 12.7. The summed E-state index contributed by atoms with van der Waals surface area (Å²) in [6.45, 7) is 4.00. The first-order valence-corrected chi connectivity index (χ1v) is 5.63. The Labute approximate surface area is 105 Å². The van der Waals surface area contributed by atoms with Gasteiger partial charge in [0.2, 0.25) is 0 Å². The second-order valence-electron chi connectivity index (χ2n) is 2.82. The number of ether oxygens (including phenoxy) is 1. The summed E-state index contributed by atoms with van der Waals surface area (Å²) in [4.78, 5) is 7.79. The minimum atomic E-state index is 0.231. The van der Waals surface area contributed by atoms with Gasteiger partial charge >= 0.3 is 0 Å². The molecule has 0 aliphatic rings. The number of nitrogens with two attached hydrogens (primary N) is 1. The Bertz CT molecular complexity index is 460. The van der Waals surface area contributed by atoms with Crippen molar-refractivity contribution >= 4 is 17.3 Å². The molecule has 0 bridgehead atoms. The molecule has 4 nitrogen and oxygen atoms in total. The van der Waals surface area contributed by atoms with Crippen LogP contribution in [0.4, 0.5) is 5.69 Å².